The van der Waals surface area contributed by atoms with Crippen molar-refractivity contribution in [2.75, 3.05) is 32.8 Å². The first-order valence-electron chi connectivity index (χ1n) is 6.94. The van der Waals surface area contributed by atoms with Gasteiger partial charge in [0.05, 0.1) is 19.3 Å². The maximum Gasteiger partial charge on any atom is 0.258 e. The van der Waals surface area contributed by atoms with Gasteiger partial charge in [-0.15, -0.1) is 0 Å². The number of aromatic nitrogens is 1. The molecule has 118 valence electrons. The van der Waals surface area contributed by atoms with Gasteiger partial charge < -0.3 is 9.84 Å². The van der Waals surface area contributed by atoms with Crippen molar-refractivity contribution in [2.24, 2.45) is 0 Å². The Morgan fingerprint density at radius 3 is 2.95 bits per heavy atom. The minimum atomic E-state index is -3.65. The van der Waals surface area contributed by atoms with Crippen LogP contribution in [0.3, 0.4) is 0 Å². The first-order chi connectivity index (χ1) is 10.0. The van der Waals surface area contributed by atoms with E-state index in [0.717, 1.165) is 19.6 Å². The van der Waals surface area contributed by atoms with Crippen LogP contribution in [0.1, 0.15) is 12.5 Å². The number of hydrogen-bond acceptors (Lipinski definition) is 6. The van der Waals surface area contributed by atoms with Gasteiger partial charge >= 0.3 is 0 Å². The fourth-order valence-corrected chi connectivity index (χ4v) is 3.12. The zero-order valence-corrected chi connectivity index (χ0v) is 12.8. The Morgan fingerprint density at radius 1 is 1.52 bits per heavy atom. The lowest BCUT2D eigenvalue weighted by molar-refractivity contribution is -0.0229. The van der Waals surface area contributed by atoms with E-state index in [9.17, 15) is 8.42 Å². The summed E-state index contributed by atoms with van der Waals surface area (Å²) in [6, 6.07) is 2.92. The van der Waals surface area contributed by atoms with Crippen molar-refractivity contribution in [3.63, 3.8) is 0 Å². The molecule has 1 aromatic heterocycles. The molecule has 1 saturated heterocycles. The van der Waals surface area contributed by atoms with Gasteiger partial charge in [-0.25, -0.2) is 18.1 Å². The fraction of sp³-hybridized carbons (Fsp3) is 0.615. The van der Waals surface area contributed by atoms with Crippen LogP contribution in [-0.2, 0) is 21.4 Å². The lowest BCUT2D eigenvalue weighted by Gasteiger charge is -2.32. The Labute approximate surface area is 125 Å². The number of aliphatic hydroxyl groups is 1. The summed E-state index contributed by atoms with van der Waals surface area (Å²) in [4.78, 5) is 6.07. The molecule has 0 spiro atoms. The molecule has 0 aliphatic carbocycles. The summed E-state index contributed by atoms with van der Waals surface area (Å²) < 4.78 is 32.3. The Hall–Kier alpha value is -1.06. The molecule has 1 fully saturated rings. The van der Waals surface area contributed by atoms with E-state index in [1.54, 1.807) is 0 Å². The van der Waals surface area contributed by atoms with E-state index < -0.39 is 10.0 Å². The third-order valence-electron chi connectivity index (χ3n) is 3.43. The normalized spacial score (nSPS) is 20.6. The first-order valence-corrected chi connectivity index (χ1v) is 8.43. The largest absolute Gasteiger partial charge is 0.392 e. The number of nitrogens with one attached hydrogen (secondary N) is 1. The van der Waals surface area contributed by atoms with Gasteiger partial charge in [0.2, 0.25) is 0 Å². The molecule has 0 radical (unpaired) electrons. The summed E-state index contributed by atoms with van der Waals surface area (Å²) in [5, 5.41) is 8.87. The quantitative estimate of drug-likeness (QED) is 0.740. The third kappa shape index (κ3) is 4.45. The third-order valence-corrected chi connectivity index (χ3v) is 4.77. The van der Waals surface area contributed by atoms with Gasteiger partial charge in [0.25, 0.3) is 10.0 Å². The number of morpholine rings is 1. The van der Waals surface area contributed by atoms with Gasteiger partial charge in [-0.2, -0.15) is 0 Å². The van der Waals surface area contributed by atoms with Crippen LogP contribution in [0.2, 0.25) is 0 Å². The van der Waals surface area contributed by atoms with Gasteiger partial charge in [-0.05, 0) is 18.2 Å². The SMILES string of the molecule is CCN1CCOC(CNS(=O)(=O)c2ccc(CO)cn2)C1. The molecule has 2 N–H and O–H groups in total. The first kappa shape index (κ1) is 16.3. The van der Waals surface area contributed by atoms with Crippen LogP contribution >= 0.6 is 0 Å². The number of likely N-dealkylation sites (N-methyl/N-ethyl adjacent to an activating group) is 1. The zero-order valence-electron chi connectivity index (χ0n) is 12.0. The molecular formula is C13H21N3O4S. The molecule has 0 saturated carbocycles. The van der Waals surface area contributed by atoms with Crippen molar-refractivity contribution in [3.8, 4) is 0 Å². The maximum atomic E-state index is 12.1. The summed E-state index contributed by atoms with van der Waals surface area (Å²) >= 11 is 0. The predicted octanol–water partition coefficient (Wildman–Crippen LogP) is -0.427. The smallest absolute Gasteiger partial charge is 0.258 e. The molecule has 1 aliphatic heterocycles. The van der Waals surface area contributed by atoms with E-state index in [2.05, 4.69) is 21.5 Å². The van der Waals surface area contributed by atoms with Crippen molar-refractivity contribution < 1.29 is 18.3 Å². The molecule has 0 aromatic carbocycles. The highest BCUT2D eigenvalue weighted by atomic mass is 32.2. The van der Waals surface area contributed by atoms with E-state index in [4.69, 9.17) is 9.84 Å². The summed E-state index contributed by atoms with van der Waals surface area (Å²) in [7, 11) is -3.65. The lowest BCUT2D eigenvalue weighted by atomic mass is 10.3. The second-order valence-corrected chi connectivity index (χ2v) is 6.61. The van der Waals surface area contributed by atoms with Crippen molar-refractivity contribution in [1.82, 2.24) is 14.6 Å². The van der Waals surface area contributed by atoms with E-state index in [-0.39, 0.29) is 24.3 Å². The van der Waals surface area contributed by atoms with Crippen LogP contribution in [0.15, 0.2) is 23.4 Å². The second-order valence-electron chi connectivity index (χ2n) is 4.90. The second kappa shape index (κ2) is 7.28. The van der Waals surface area contributed by atoms with E-state index >= 15 is 0 Å². The summed E-state index contributed by atoms with van der Waals surface area (Å²) in [5.74, 6) is 0. The summed E-state index contributed by atoms with van der Waals surface area (Å²) in [5.41, 5.74) is 0.572. The molecule has 8 heteroatoms. The van der Waals surface area contributed by atoms with Gasteiger partial charge in [-0.1, -0.05) is 13.0 Å². The van der Waals surface area contributed by atoms with Crippen LogP contribution < -0.4 is 4.72 Å². The number of aliphatic hydroxyl groups excluding tert-OH is 1. The fourth-order valence-electron chi connectivity index (χ4n) is 2.13. The van der Waals surface area contributed by atoms with Crippen molar-refractivity contribution in [2.45, 2.75) is 24.7 Å². The molecule has 1 aromatic rings. The molecule has 21 heavy (non-hydrogen) atoms. The highest BCUT2D eigenvalue weighted by Gasteiger charge is 2.22. The maximum absolute atomic E-state index is 12.1. The number of nitrogens with zero attached hydrogens (tertiary/aromatic N) is 2. The molecule has 0 bridgehead atoms. The average molecular weight is 315 g/mol. The molecule has 1 atom stereocenters. The monoisotopic (exact) mass is 315 g/mol. The number of hydrogen-bond donors (Lipinski definition) is 2. The highest BCUT2D eigenvalue weighted by Crippen LogP contribution is 2.08. The number of rotatable bonds is 6. The topological polar surface area (TPSA) is 91.8 Å². The standard InChI is InChI=1S/C13H21N3O4S/c1-2-16-5-6-20-12(9-16)8-15-21(18,19)13-4-3-11(10-17)7-14-13/h3-4,7,12,15,17H,2,5-6,8-10H2,1H3. The Bertz CT molecular complexity index is 547. The summed E-state index contributed by atoms with van der Waals surface area (Å²) in [6.45, 7) is 5.27. The van der Waals surface area contributed by atoms with Crippen molar-refractivity contribution >= 4 is 10.0 Å². The van der Waals surface area contributed by atoms with E-state index in [1.807, 2.05) is 0 Å². The van der Waals surface area contributed by atoms with Gasteiger partial charge in [-0.3, -0.25) is 4.90 Å². The average Bonchev–Trinajstić information content (AvgIpc) is 2.53. The number of pyridine rings is 1. The van der Waals surface area contributed by atoms with Crippen molar-refractivity contribution in [3.05, 3.63) is 23.9 Å². The van der Waals surface area contributed by atoms with Gasteiger partial charge in [0.15, 0.2) is 5.03 Å². The predicted molar refractivity (Wildman–Crippen MR) is 77.2 cm³/mol. The minimum Gasteiger partial charge on any atom is -0.392 e. The molecule has 2 rings (SSSR count). The Kier molecular flexibility index (Phi) is 5.65. The highest BCUT2D eigenvalue weighted by molar-refractivity contribution is 7.89. The van der Waals surface area contributed by atoms with Crippen LogP contribution in [0.5, 0.6) is 0 Å². The lowest BCUT2D eigenvalue weighted by Crippen LogP contribution is -2.47. The Balaban J connectivity index is 1.94. The molecular weight excluding hydrogens is 294 g/mol. The zero-order chi connectivity index (χ0) is 15.3. The number of ether oxygens (including phenoxy) is 1. The van der Waals surface area contributed by atoms with E-state index in [1.165, 1.54) is 18.3 Å². The van der Waals surface area contributed by atoms with Gasteiger partial charge in [0.1, 0.15) is 0 Å². The minimum absolute atomic E-state index is 0.0529. The molecule has 2 heterocycles. The molecule has 1 unspecified atom stereocenters. The van der Waals surface area contributed by atoms with Crippen molar-refractivity contribution in [1.29, 1.82) is 0 Å². The molecule has 1 aliphatic rings. The van der Waals surface area contributed by atoms with Crippen LogP contribution in [0, 0.1) is 0 Å². The van der Waals surface area contributed by atoms with E-state index in [0.29, 0.717) is 12.2 Å². The molecule has 0 amide bonds. The molecule has 7 nitrogen and oxygen atoms in total. The number of sulfonamides is 1. The van der Waals surface area contributed by atoms with Gasteiger partial charge in [0, 0.05) is 25.8 Å². The van der Waals surface area contributed by atoms with Crippen LogP contribution in [0.4, 0.5) is 0 Å². The Morgan fingerprint density at radius 2 is 2.33 bits per heavy atom. The van der Waals surface area contributed by atoms with Crippen LogP contribution in [-0.4, -0.2) is 62.3 Å². The summed E-state index contributed by atoms with van der Waals surface area (Å²) in [6.07, 6.45) is 1.20. The van der Waals surface area contributed by atoms with Crippen LogP contribution in [0.25, 0.3) is 0 Å².